The SMILES string of the molecule is C[C@@H](Cc1cccc(C(F)(F)F)c1)C(=O)N1CCOCC1. The standard InChI is InChI=1S/C15H18F3NO2/c1-11(14(20)19-5-7-21-8-6-19)9-12-3-2-4-13(10-12)15(16,17)18/h2-4,10-11H,5-9H2,1H3/t11-/m0/s1. The van der Waals surface area contributed by atoms with Crippen molar-refractivity contribution in [2.24, 2.45) is 5.92 Å². The summed E-state index contributed by atoms with van der Waals surface area (Å²) in [6.45, 7) is 3.87. The second-order valence-electron chi connectivity index (χ2n) is 5.24. The number of alkyl halides is 3. The van der Waals surface area contributed by atoms with Crippen LogP contribution in [0.3, 0.4) is 0 Å². The first-order valence-corrected chi connectivity index (χ1v) is 6.90. The Kier molecular flexibility index (Phi) is 4.88. The summed E-state index contributed by atoms with van der Waals surface area (Å²) >= 11 is 0. The van der Waals surface area contributed by atoms with E-state index in [0.717, 1.165) is 12.1 Å². The Morgan fingerprint density at radius 1 is 1.33 bits per heavy atom. The summed E-state index contributed by atoms with van der Waals surface area (Å²) in [6.07, 6.45) is -4.05. The van der Waals surface area contributed by atoms with Gasteiger partial charge in [0.15, 0.2) is 0 Å². The van der Waals surface area contributed by atoms with E-state index in [-0.39, 0.29) is 11.8 Å². The Bertz CT molecular complexity index is 496. The number of amides is 1. The number of hydrogen-bond donors (Lipinski definition) is 0. The van der Waals surface area contributed by atoms with Crippen LogP contribution in [-0.2, 0) is 22.1 Å². The first kappa shape index (κ1) is 15.8. The van der Waals surface area contributed by atoms with Crippen LogP contribution in [0.25, 0.3) is 0 Å². The Morgan fingerprint density at radius 2 is 2.00 bits per heavy atom. The smallest absolute Gasteiger partial charge is 0.378 e. The molecule has 1 saturated heterocycles. The largest absolute Gasteiger partial charge is 0.416 e. The Hall–Kier alpha value is -1.56. The molecule has 1 aliphatic heterocycles. The van der Waals surface area contributed by atoms with E-state index in [1.165, 1.54) is 6.07 Å². The molecule has 1 heterocycles. The summed E-state index contributed by atoms with van der Waals surface area (Å²) in [5, 5.41) is 0. The molecule has 0 saturated carbocycles. The van der Waals surface area contributed by atoms with E-state index in [9.17, 15) is 18.0 Å². The highest BCUT2D eigenvalue weighted by molar-refractivity contribution is 5.78. The zero-order valence-corrected chi connectivity index (χ0v) is 11.8. The lowest BCUT2D eigenvalue weighted by molar-refractivity contribution is -0.139. The van der Waals surface area contributed by atoms with Crippen LogP contribution >= 0.6 is 0 Å². The molecule has 1 aromatic carbocycles. The van der Waals surface area contributed by atoms with Gasteiger partial charge in [-0.25, -0.2) is 0 Å². The molecule has 2 rings (SSSR count). The van der Waals surface area contributed by atoms with Crippen LogP contribution in [0.5, 0.6) is 0 Å². The van der Waals surface area contributed by atoms with Gasteiger partial charge in [-0.05, 0) is 18.1 Å². The highest BCUT2D eigenvalue weighted by atomic mass is 19.4. The lowest BCUT2D eigenvalue weighted by Gasteiger charge is -2.29. The zero-order valence-electron chi connectivity index (χ0n) is 11.8. The molecule has 0 N–H and O–H groups in total. The Labute approximate surface area is 121 Å². The number of rotatable bonds is 3. The van der Waals surface area contributed by atoms with Crippen molar-refractivity contribution in [3.8, 4) is 0 Å². The summed E-state index contributed by atoms with van der Waals surface area (Å²) in [4.78, 5) is 13.9. The molecule has 21 heavy (non-hydrogen) atoms. The van der Waals surface area contributed by atoms with Crippen LogP contribution in [0.1, 0.15) is 18.1 Å². The molecule has 1 fully saturated rings. The molecule has 6 heteroatoms. The number of carbonyl (C=O) groups is 1. The van der Waals surface area contributed by atoms with E-state index >= 15 is 0 Å². The van der Waals surface area contributed by atoms with Crippen molar-refractivity contribution in [1.82, 2.24) is 4.90 Å². The van der Waals surface area contributed by atoms with Crippen molar-refractivity contribution in [3.63, 3.8) is 0 Å². The van der Waals surface area contributed by atoms with Crippen molar-refractivity contribution in [2.75, 3.05) is 26.3 Å². The number of morpholine rings is 1. The van der Waals surface area contributed by atoms with Crippen molar-refractivity contribution in [3.05, 3.63) is 35.4 Å². The molecule has 0 unspecified atom stereocenters. The lowest BCUT2D eigenvalue weighted by atomic mass is 9.98. The van der Waals surface area contributed by atoms with Gasteiger partial charge >= 0.3 is 6.18 Å². The van der Waals surface area contributed by atoms with Crippen molar-refractivity contribution in [2.45, 2.75) is 19.5 Å². The number of nitrogens with zero attached hydrogens (tertiary/aromatic N) is 1. The molecule has 3 nitrogen and oxygen atoms in total. The molecule has 0 aliphatic carbocycles. The first-order chi connectivity index (χ1) is 9.88. The van der Waals surface area contributed by atoms with Crippen LogP contribution in [0.15, 0.2) is 24.3 Å². The molecule has 116 valence electrons. The van der Waals surface area contributed by atoms with Crippen molar-refractivity contribution < 1.29 is 22.7 Å². The molecule has 0 bridgehead atoms. The number of hydrogen-bond acceptors (Lipinski definition) is 2. The average Bonchev–Trinajstić information content (AvgIpc) is 2.47. The van der Waals surface area contributed by atoms with Crippen molar-refractivity contribution in [1.29, 1.82) is 0 Å². The van der Waals surface area contributed by atoms with E-state index in [1.807, 2.05) is 0 Å². The molecule has 1 aliphatic rings. The summed E-state index contributed by atoms with van der Waals surface area (Å²) in [6, 6.07) is 5.16. The van der Waals surface area contributed by atoms with E-state index in [2.05, 4.69) is 0 Å². The maximum absolute atomic E-state index is 12.7. The molecule has 1 atom stereocenters. The second-order valence-corrected chi connectivity index (χ2v) is 5.24. The fraction of sp³-hybridized carbons (Fsp3) is 0.533. The third-order valence-electron chi connectivity index (χ3n) is 3.54. The van der Waals surface area contributed by atoms with Gasteiger partial charge in [0.05, 0.1) is 18.8 Å². The summed E-state index contributed by atoms with van der Waals surface area (Å²) in [5.41, 5.74) is -0.148. The van der Waals surface area contributed by atoms with E-state index in [4.69, 9.17) is 4.74 Å². The van der Waals surface area contributed by atoms with Gasteiger partial charge in [0.25, 0.3) is 0 Å². The molecule has 0 aromatic heterocycles. The number of carbonyl (C=O) groups excluding carboxylic acids is 1. The van der Waals surface area contributed by atoms with Gasteiger partial charge in [0.2, 0.25) is 5.91 Å². The summed E-state index contributed by atoms with van der Waals surface area (Å²) in [5.74, 6) is -0.373. The Morgan fingerprint density at radius 3 is 2.62 bits per heavy atom. The minimum absolute atomic E-state index is 0.0317. The highest BCUT2D eigenvalue weighted by Crippen LogP contribution is 2.30. The first-order valence-electron chi connectivity index (χ1n) is 6.90. The third-order valence-corrected chi connectivity index (χ3v) is 3.54. The molecule has 1 aromatic rings. The maximum Gasteiger partial charge on any atom is 0.416 e. The van der Waals surface area contributed by atoms with Gasteiger partial charge in [0.1, 0.15) is 0 Å². The van der Waals surface area contributed by atoms with Gasteiger partial charge in [-0.3, -0.25) is 4.79 Å². The van der Waals surface area contributed by atoms with Crippen LogP contribution in [-0.4, -0.2) is 37.1 Å². The van der Waals surface area contributed by atoms with Crippen LogP contribution in [0.4, 0.5) is 13.2 Å². The monoisotopic (exact) mass is 301 g/mol. The molecular weight excluding hydrogens is 283 g/mol. The average molecular weight is 301 g/mol. The maximum atomic E-state index is 12.7. The fourth-order valence-corrected chi connectivity index (χ4v) is 2.41. The molecule has 0 spiro atoms. The van der Waals surface area contributed by atoms with Gasteiger partial charge in [-0.15, -0.1) is 0 Å². The van der Waals surface area contributed by atoms with E-state index in [0.29, 0.717) is 38.3 Å². The molecular formula is C15H18F3NO2. The van der Waals surface area contributed by atoms with E-state index < -0.39 is 11.7 Å². The van der Waals surface area contributed by atoms with Gasteiger partial charge < -0.3 is 9.64 Å². The van der Waals surface area contributed by atoms with Gasteiger partial charge in [-0.2, -0.15) is 13.2 Å². The minimum atomic E-state index is -4.35. The predicted molar refractivity (Wildman–Crippen MR) is 71.7 cm³/mol. The third kappa shape index (κ3) is 4.20. The number of ether oxygens (including phenoxy) is 1. The summed E-state index contributed by atoms with van der Waals surface area (Å²) in [7, 11) is 0. The van der Waals surface area contributed by atoms with Crippen LogP contribution < -0.4 is 0 Å². The quantitative estimate of drug-likeness (QED) is 0.859. The van der Waals surface area contributed by atoms with Crippen LogP contribution in [0.2, 0.25) is 0 Å². The minimum Gasteiger partial charge on any atom is -0.378 e. The molecule has 1 amide bonds. The van der Waals surface area contributed by atoms with E-state index in [1.54, 1.807) is 17.9 Å². The highest BCUT2D eigenvalue weighted by Gasteiger charge is 2.30. The Balaban J connectivity index is 2.02. The zero-order chi connectivity index (χ0) is 15.5. The molecule has 0 radical (unpaired) electrons. The van der Waals surface area contributed by atoms with Gasteiger partial charge in [0, 0.05) is 19.0 Å². The lowest BCUT2D eigenvalue weighted by Crippen LogP contribution is -2.43. The topological polar surface area (TPSA) is 29.5 Å². The van der Waals surface area contributed by atoms with Crippen LogP contribution in [0, 0.1) is 5.92 Å². The number of benzene rings is 1. The fourth-order valence-electron chi connectivity index (χ4n) is 2.41. The van der Waals surface area contributed by atoms with Crippen molar-refractivity contribution >= 4 is 5.91 Å². The summed E-state index contributed by atoms with van der Waals surface area (Å²) < 4.78 is 43.2. The van der Waals surface area contributed by atoms with Gasteiger partial charge in [-0.1, -0.05) is 25.1 Å². The normalized spacial score (nSPS) is 17.6. The predicted octanol–water partition coefficient (Wildman–Crippen LogP) is 2.74. The number of halogens is 3. The second kappa shape index (κ2) is 6.47.